The Labute approximate surface area is 212 Å². The predicted molar refractivity (Wildman–Crippen MR) is 135 cm³/mol. The number of sulfone groups is 1. The summed E-state index contributed by atoms with van der Waals surface area (Å²) in [4.78, 5) is 33.7. The fourth-order valence-corrected chi connectivity index (χ4v) is 5.44. The summed E-state index contributed by atoms with van der Waals surface area (Å²) in [5.74, 6) is -3.19. The number of nitro benzene ring substituents is 1. The van der Waals surface area contributed by atoms with Gasteiger partial charge >= 0.3 is 11.9 Å². The van der Waals surface area contributed by atoms with Gasteiger partial charge in [-0.05, 0) is 54.8 Å². The lowest BCUT2D eigenvalue weighted by molar-refractivity contribution is -0.384. The Morgan fingerprint density at radius 1 is 1.03 bits per heavy atom. The summed E-state index contributed by atoms with van der Waals surface area (Å²) < 4.78 is 33.0. The Bertz CT molecular complexity index is 1530. The molecule has 3 rings (SSSR count). The van der Waals surface area contributed by atoms with Crippen molar-refractivity contribution in [3.8, 4) is 11.5 Å². The highest BCUT2D eigenvalue weighted by molar-refractivity contribution is 7.91. The fraction of sp³-hybridized carbons (Fsp3) is 0.154. The molecular weight excluding hydrogens is 502 g/mol. The van der Waals surface area contributed by atoms with Crippen LogP contribution < -0.4 is 4.74 Å². The highest BCUT2D eigenvalue weighted by atomic mass is 32.2. The number of carboxylic acid groups (broad SMARTS) is 2. The number of nitro groups is 1. The summed E-state index contributed by atoms with van der Waals surface area (Å²) in [5.41, 5.74) is 0.248. The van der Waals surface area contributed by atoms with Crippen LogP contribution in [0.15, 0.2) is 67.3 Å². The normalized spacial score (nSPS) is 11.9. The minimum absolute atomic E-state index is 0.0486. The molecule has 10 nitrogen and oxygen atoms in total. The summed E-state index contributed by atoms with van der Waals surface area (Å²) >= 11 is 0. The van der Waals surface area contributed by atoms with Crippen molar-refractivity contribution in [3.63, 3.8) is 0 Å². The Morgan fingerprint density at radius 3 is 2.32 bits per heavy atom. The number of benzene rings is 3. The number of aromatic carboxylic acids is 2. The maximum absolute atomic E-state index is 13.5. The molecule has 3 aromatic carbocycles. The van der Waals surface area contributed by atoms with Crippen molar-refractivity contribution in [2.75, 3.05) is 0 Å². The van der Waals surface area contributed by atoms with Gasteiger partial charge in [-0.2, -0.15) is 0 Å². The molecule has 0 saturated heterocycles. The molecule has 0 saturated carbocycles. The quantitative estimate of drug-likeness (QED) is 0.205. The number of carboxylic acids is 2. The molecule has 0 aromatic heterocycles. The zero-order valence-corrected chi connectivity index (χ0v) is 20.7. The zero-order valence-electron chi connectivity index (χ0n) is 19.9. The number of hydrogen-bond donors (Lipinski definition) is 2. The predicted octanol–water partition coefficient (Wildman–Crippen LogP) is 5.24. The lowest BCUT2D eigenvalue weighted by atomic mass is 10.1. The van der Waals surface area contributed by atoms with Crippen LogP contribution in [0, 0.1) is 24.0 Å². The van der Waals surface area contributed by atoms with Gasteiger partial charge in [0.1, 0.15) is 16.7 Å². The number of aryl methyl sites for hydroxylation is 2. The first kappa shape index (κ1) is 27.1. The molecule has 0 fully saturated rings. The smallest absolute Gasteiger partial charge is 0.336 e. The lowest BCUT2D eigenvalue weighted by Crippen LogP contribution is -2.17. The lowest BCUT2D eigenvalue weighted by Gasteiger charge is -2.19. The summed E-state index contributed by atoms with van der Waals surface area (Å²) in [6.45, 7) is 7.23. The van der Waals surface area contributed by atoms with Crippen LogP contribution in [-0.2, 0) is 15.6 Å². The Kier molecular flexibility index (Phi) is 7.78. The molecule has 0 bridgehead atoms. The van der Waals surface area contributed by atoms with Crippen molar-refractivity contribution in [1.82, 2.24) is 0 Å². The highest BCUT2D eigenvalue weighted by Gasteiger charge is 2.31. The topological polar surface area (TPSA) is 161 Å². The summed E-state index contributed by atoms with van der Waals surface area (Å²) in [5, 5.41) is 28.6. The van der Waals surface area contributed by atoms with Gasteiger partial charge in [-0.1, -0.05) is 24.3 Å². The van der Waals surface area contributed by atoms with Crippen LogP contribution in [0.25, 0.3) is 0 Å². The van der Waals surface area contributed by atoms with E-state index in [1.807, 2.05) is 19.1 Å². The molecule has 1 atom stereocenters. The number of hydrogen-bond acceptors (Lipinski definition) is 7. The Balaban J connectivity index is 2.12. The second kappa shape index (κ2) is 10.6. The van der Waals surface area contributed by atoms with Crippen molar-refractivity contribution in [2.24, 2.45) is 0 Å². The maximum Gasteiger partial charge on any atom is 0.336 e. The standard InChI is InChI=1S/C26H23NO9S/c1-4-24(37(34,35)14-18-8-7-17(25(28)29)12-20(18)26(30)31)21-13-19(27(32)33)9-10-22(21)36-23-11-15(2)5-6-16(23)3/h4-13,24H,1,14H2,2-3H3,(H,28,29)(H,30,31). The molecular formula is C26H23NO9S. The van der Waals surface area contributed by atoms with Crippen LogP contribution >= 0.6 is 0 Å². The van der Waals surface area contributed by atoms with E-state index in [2.05, 4.69) is 6.58 Å². The van der Waals surface area contributed by atoms with E-state index in [1.54, 1.807) is 13.0 Å². The van der Waals surface area contributed by atoms with Gasteiger partial charge in [-0.25, -0.2) is 18.0 Å². The summed E-state index contributed by atoms with van der Waals surface area (Å²) in [6, 6.07) is 12.1. The van der Waals surface area contributed by atoms with E-state index in [0.717, 1.165) is 41.5 Å². The molecule has 0 spiro atoms. The molecule has 192 valence electrons. The van der Waals surface area contributed by atoms with Crippen molar-refractivity contribution in [2.45, 2.75) is 24.9 Å². The molecule has 0 aliphatic carbocycles. The Hall–Kier alpha value is -4.51. The molecule has 37 heavy (non-hydrogen) atoms. The number of rotatable bonds is 10. The number of ether oxygens (including phenoxy) is 1. The monoisotopic (exact) mass is 525 g/mol. The van der Waals surface area contributed by atoms with E-state index in [-0.39, 0.29) is 28.1 Å². The van der Waals surface area contributed by atoms with Gasteiger partial charge in [0.2, 0.25) is 0 Å². The zero-order chi connectivity index (χ0) is 27.5. The second-order valence-electron chi connectivity index (χ2n) is 8.30. The third-order valence-corrected chi connectivity index (χ3v) is 7.55. The van der Waals surface area contributed by atoms with Gasteiger partial charge in [-0.15, -0.1) is 6.58 Å². The van der Waals surface area contributed by atoms with E-state index < -0.39 is 43.3 Å². The minimum atomic E-state index is -4.27. The summed E-state index contributed by atoms with van der Waals surface area (Å²) in [6.07, 6.45) is 1.08. The van der Waals surface area contributed by atoms with Gasteiger partial charge in [0.15, 0.2) is 9.84 Å². The number of carbonyl (C=O) groups is 2. The van der Waals surface area contributed by atoms with E-state index in [9.17, 15) is 33.2 Å². The second-order valence-corrected chi connectivity index (χ2v) is 10.4. The average Bonchev–Trinajstić information content (AvgIpc) is 2.82. The first-order chi connectivity index (χ1) is 17.3. The average molecular weight is 526 g/mol. The Morgan fingerprint density at radius 2 is 1.73 bits per heavy atom. The first-order valence-corrected chi connectivity index (χ1v) is 12.5. The minimum Gasteiger partial charge on any atom is -0.478 e. The van der Waals surface area contributed by atoms with Gasteiger partial charge in [0.05, 0.1) is 21.8 Å². The molecule has 0 aliphatic heterocycles. The van der Waals surface area contributed by atoms with Crippen molar-refractivity contribution >= 4 is 27.5 Å². The number of nitrogens with zero attached hydrogens (tertiary/aromatic N) is 1. The molecule has 0 aliphatic rings. The maximum atomic E-state index is 13.5. The van der Waals surface area contributed by atoms with E-state index in [1.165, 1.54) is 12.1 Å². The molecule has 0 heterocycles. The highest BCUT2D eigenvalue weighted by Crippen LogP contribution is 2.39. The molecule has 0 amide bonds. The number of non-ortho nitro benzene ring substituents is 1. The van der Waals surface area contributed by atoms with Crippen molar-refractivity contribution in [1.29, 1.82) is 0 Å². The fourth-order valence-electron chi connectivity index (χ4n) is 3.71. The van der Waals surface area contributed by atoms with Gasteiger partial charge < -0.3 is 14.9 Å². The van der Waals surface area contributed by atoms with Crippen molar-refractivity contribution in [3.05, 3.63) is 111 Å². The molecule has 2 N–H and O–H groups in total. The van der Waals surface area contributed by atoms with E-state index in [0.29, 0.717) is 5.75 Å². The molecule has 3 aromatic rings. The van der Waals surface area contributed by atoms with Crippen LogP contribution in [0.3, 0.4) is 0 Å². The van der Waals surface area contributed by atoms with E-state index in [4.69, 9.17) is 9.84 Å². The molecule has 0 radical (unpaired) electrons. The van der Waals surface area contributed by atoms with Gasteiger partial charge in [0, 0.05) is 17.7 Å². The third-order valence-electron chi connectivity index (χ3n) is 5.62. The summed E-state index contributed by atoms with van der Waals surface area (Å²) in [7, 11) is -4.27. The van der Waals surface area contributed by atoms with Crippen molar-refractivity contribution < 1.29 is 37.9 Å². The third kappa shape index (κ3) is 6.01. The van der Waals surface area contributed by atoms with Crippen LogP contribution in [0.5, 0.6) is 11.5 Å². The van der Waals surface area contributed by atoms with Gasteiger partial charge in [0.25, 0.3) is 5.69 Å². The largest absolute Gasteiger partial charge is 0.478 e. The molecule has 1 unspecified atom stereocenters. The van der Waals surface area contributed by atoms with Crippen LogP contribution in [-0.4, -0.2) is 35.5 Å². The molecule has 11 heteroatoms. The SMILES string of the molecule is C=CC(c1cc([N+](=O)[O-])ccc1Oc1cc(C)ccc1C)S(=O)(=O)Cc1ccc(C(=O)O)cc1C(=O)O. The van der Waals surface area contributed by atoms with Crippen LogP contribution in [0.2, 0.25) is 0 Å². The van der Waals surface area contributed by atoms with Gasteiger partial charge in [-0.3, -0.25) is 10.1 Å². The van der Waals surface area contributed by atoms with Crippen LogP contribution in [0.4, 0.5) is 5.69 Å². The van der Waals surface area contributed by atoms with E-state index >= 15 is 0 Å². The van der Waals surface area contributed by atoms with Crippen LogP contribution in [0.1, 0.15) is 48.2 Å². The first-order valence-electron chi connectivity index (χ1n) is 10.8.